The fourth-order valence-electron chi connectivity index (χ4n) is 3.78. The van der Waals surface area contributed by atoms with Gasteiger partial charge in [0.15, 0.2) is 0 Å². The minimum absolute atomic E-state index is 0.0221. The van der Waals surface area contributed by atoms with Gasteiger partial charge in [0, 0.05) is 26.2 Å². The molecule has 0 aromatic heterocycles. The summed E-state index contributed by atoms with van der Waals surface area (Å²) in [4.78, 5) is 29.4. The van der Waals surface area contributed by atoms with Crippen LogP contribution >= 0.6 is 34.8 Å². The molecule has 3 aliphatic heterocycles. The van der Waals surface area contributed by atoms with Crippen LogP contribution in [0.2, 0.25) is 0 Å². The lowest BCUT2D eigenvalue weighted by Crippen LogP contribution is -2.52. The predicted molar refractivity (Wildman–Crippen MR) is 90.2 cm³/mol. The number of halogens is 3. The third kappa shape index (κ3) is 3.93. The van der Waals surface area contributed by atoms with E-state index in [9.17, 15) is 9.59 Å². The first-order valence-corrected chi connectivity index (χ1v) is 9.26. The third-order valence-electron chi connectivity index (χ3n) is 5.02. The van der Waals surface area contributed by atoms with Crippen molar-refractivity contribution in [2.45, 2.75) is 28.8 Å². The molecule has 3 fully saturated rings. The van der Waals surface area contributed by atoms with Crippen molar-refractivity contribution in [1.29, 1.82) is 0 Å². The highest BCUT2D eigenvalue weighted by atomic mass is 35.6. The largest absolute Gasteiger partial charge is 0.461 e. The number of piperazine rings is 1. The van der Waals surface area contributed by atoms with E-state index in [2.05, 4.69) is 4.90 Å². The minimum Gasteiger partial charge on any atom is -0.461 e. The van der Waals surface area contributed by atoms with Crippen molar-refractivity contribution in [1.82, 2.24) is 9.80 Å². The molecule has 0 aromatic rings. The highest BCUT2D eigenvalue weighted by molar-refractivity contribution is 6.67. The van der Waals surface area contributed by atoms with Crippen LogP contribution in [0.4, 0.5) is 0 Å². The van der Waals surface area contributed by atoms with Gasteiger partial charge in [0.1, 0.15) is 6.61 Å². The molecule has 0 N–H and O–H groups in total. The molecule has 24 heavy (non-hydrogen) atoms. The number of hydrogen-bond acceptors (Lipinski definition) is 5. The molecule has 4 unspecified atom stereocenters. The Labute approximate surface area is 156 Å². The van der Waals surface area contributed by atoms with Gasteiger partial charge in [-0.15, -0.1) is 0 Å². The summed E-state index contributed by atoms with van der Waals surface area (Å²) in [6.45, 7) is 2.66. The number of esters is 1. The molecule has 0 aromatic carbocycles. The van der Waals surface area contributed by atoms with Crippen LogP contribution in [0.3, 0.4) is 0 Å². The van der Waals surface area contributed by atoms with Gasteiger partial charge in [-0.05, 0) is 19.9 Å². The molecule has 3 saturated heterocycles. The smallest absolute Gasteiger partial charge is 0.312 e. The highest BCUT2D eigenvalue weighted by Gasteiger charge is 2.57. The van der Waals surface area contributed by atoms with E-state index in [4.69, 9.17) is 44.3 Å². The zero-order valence-corrected chi connectivity index (χ0v) is 15.7. The lowest BCUT2D eigenvalue weighted by Gasteiger charge is -2.36. The maximum Gasteiger partial charge on any atom is 0.312 e. The predicted octanol–water partition coefficient (Wildman–Crippen LogP) is 1.47. The molecule has 0 spiro atoms. The summed E-state index contributed by atoms with van der Waals surface area (Å²) in [5.74, 6) is -1.63. The van der Waals surface area contributed by atoms with Crippen LogP contribution in [0.15, 0.2) is 0 Å². The van der Waals surface area contributed by atoms with E-state index in [0.29, 0.717) is 13.1 Å². The van der Waals surface area contributed by atoms with Crippen LogP contribution in [0.25, 0.3) is 0 Å². The summed E-state index contributed by atoms with van der Waals surface area (Å²) in [6, 6.07) is 0. The highest BCUT2D eigenvalue weighted by Crippen LogP contribution is 2.45. The van der Waals surface area contributed by atoms with E-state index in [1.54, 1.807) is 0 Å². The van der Waals surface area contributed by atoms with Gasteiger partial charge in [-0.1, -0.05) is 34.8 Å². The van der Waals surface area contributed by atoms with Crippen LogP contribution < -0.4 is 0 Å². The van der Waals surface area contributed by atoms with Gasteiger partial charge in [0.2, 0.25) is 9.70 Å². The summed E-state index contributed by atoms with van der Waals surface area (Å²) < 4.78 is 9.30. The molecule has 6 nitrogen and oxygen atoms in total. The van der Waals surface area contributed by atoms with Crippen molar-refractivity contribution >= 4 is 46.7 Å². The number of amides is 1. The number of alkyl halides is 3. The van der Waals surface area contributed by atoms with Crippen LogP contribution in [0, 0.1) is 11.8 Å². The summed E-state index contributed by atoms with van der Waals surface area (Å²) in [6.07, 6.45) is 1.06. The van der Waals surface area contributed by atoms with Crippen LogP contribution in [-0.2, 0) is 19.1 Å². The third-order valence-corrected chi connectivity index (χ3v) is 5.35. The van der Waals surface area contributed by atoms with Crippen molar-refractivity contribution in [2.24, 2.45) is 11.8 Å². The molecule has 3 aliphatic rings. The van der Waals surface area contributed by atoms with Crippen LogP contribution in [0.5, 0.6) is 0 Å². The summed E-state index contributed by atoms with van der Waals surface area (Å²) >= 11 is 16.9. The number of fused-ring (bicyclic) bond motifs is 2. The zero-order chi connectivity index (χ0) is 17.5. The molecule has 0 aliphatic carbocycles. The molecule has 0 radical (unpaired) electrons. The van der Waals surface area contributed by atoms with Gasteiger partial charge in [0.05, 0.1) is 24.0 Å². The molecule has 1 amide bonds. The summed E-state index contributed by atoms with van der Waals surface area (Å²) in [5, 5.41) is 0. The number of hydrogen-bond donors (Lipinski definition) is 0. The Morgan fingerprint density at radius 3 is 2.25 bits per heavy atom. The molecular weight excluding hydrogens is 379 g/mol. The van der Waals surface area contributed by atoms with Crippen molar-refractivity contribution in [3.05, 3.63) is 0 Å². The molecule has 9 heteroatoms. The number of carbonyl (C=O) groups excluding carboxylic acids is 2. The van der Waals surface area contributed by atoms with Crippen LogP contribution in [-0.4, -0.2) is 77.5 Å². The molecule has 0 saturated carbocycles. The van der Waals surface area contributed by atoms with Gasteiger partial charge in [-0.3, -0.25) is 9.59 Å². The molecular formula is C15H21Cl3N2O4. The molecule has 2 bridgehead atoms. The zero-order valence-electron chi connectivity index (χ0n) is 13.4. The number of rotatable bonds is 3. The summed E-state index contributed by atoms with van der Waals surface area (Å²) in [7, 11) is 2.03. The second-order valence-electron chi connectivity index (χ2n) is 6.69. The number of carbonyl (C=O) groups is 2. The van der Waals surface area contributed by atoms with Gasteiger partial charge in [-0.2, -0.15) is 0 Å². The van der Waals surface area contributed by atoms with Gasteiger partial charge < -0.3 is 19.3 Å². The van der Waals surface area contributed by atoms with Gasteiger partial charge >= 0.3 is 5.97 Å². The minimum atomic E-state index is -1.66. The normalized spacial score (nSPS) is 33.8. The molecule has 3 heterocycles. The van der Waals surface area contributed by atoms with E-state index in [1.807, 2.05) is 11.9 Å². The number of nitrogens with zero attached hydrogens (tertiary/aromatic N) is 2. The van der Waals surface area contributed by atoms with E-state index in [0.717, 1.165) is 25.9 Å². The second kappa shape index (κ2) is 7.16. The monoisotopic (exact) mass is 398 g/mol. The quantitative estimate of drug-likeness (QED) is 0.531. The van der Waals surface area contributed by atoms with Gasteiger partial charge in [-0.25, -0.2) is 0 Å². The lowest BCUT2D eigenvalue weighted by molar-refractivity contribution is -0.156. The van der Waals surface area contributed by atoms with E-state index in [-0.39, 0.29) is 24.7 Å². The SMILES string of the molecule is CN1CCN(C(=O)C2C3CCC(O3)C2C(=O)OCC(Cl)(Cl)Cl)CC1. The Morgan fingerprint density at radius 2 is 1.67 bits per heavy atom. The Kier molecular flexibility index (Phi) is 5.52. The maximum atomic E-state index is 13.0. The second-order valence-corrected chi connectivity index (χ2v) is 9.21. The average molecular weight is 400 g/mol. The number of likely N-dealkylation sites (N-methyl/N-ethyl adjacent to an activating group) is 1. The summed E-state index contributed by atoms with van der Waals surface area (Å²) in [5.41, 5.74) is 0. The first kappa shape index (κ1) is 18.5. The maximum absolute atomic E-state index is 13.0. The Bertz CT molecular complexity index is 505. The van der Waals surface area contributed by atoms with Gasteiger partial charge in [0.25, 0.3) is 0 Å². The lowest BCUT2D eigenvalue weighted by atomic mass is 9.78. The molecule has 4 atom stereocenters. The first-order valence-electron chi connectivity index (χ1n) is 8.12. The van der Waals surface area contributed by atoms with Crippen molar-refractivity contribution in [3.63, 3.8) is 0 Å². The molecule has 136 valence electrons. The Balaban J connectivity index is 1.68. The van der Waals surface area contributed by atoms with Crippen LogP contribution in [0.1, 0.15) is 12.8 Å². The fourth-order valence-corrected chi connectivity index (χ4v) is 3.94. The van der Waals surface area contributed by atoms with E-state index < -0.39 is 21.6 Å². The van der Waals surface area contributed by atoms with E-state index >= 15 is 0 Å². The number of ether oxygens (including phenoxy) is 2. The molecule has 3 rings (SSSR count). The topological polar surface area (TPSA) is 59.1 Å². The van der Waals surface area contributed by atoms with Crippen molar-refractivity contribution in [3.8, 4) is 0 Å². The Morgan fingerprint density at radius 1 is 1.08 bits per heavy atom. The average Bonchev–Trinajstić information content (AvgIpc) is 3.13. The standard InChI is InChI=1S/C15H21Cl3N2O4/c1-19-4-6-20(7-5-19)13(21)11-9-2-3-10(24-9)12(11)14(22)23-8-15(16,17)18/h9-12H,2-8H2,1H3. The van der Waals surface area contributed by atoms with Crippen molar-refractivity contribution < 1.29 is 19.1 Å². The fraction of sp³-hybridized carbons (Fsp3) is 0.867. The van der Waals surface area contributed by atoms with Crippen molar-refractivity contribution in [2.75, 3.05) is 39.8 Å². The Hall–Kier alpha value is -0.270. The van der Waals surface area contributed by atoms with E-state index in [1.165, 1.54) is 0 Å². The first-order chi connectivity index (χ1) is 11.3.